The van der Waals surface area contributed by atoms with E-state index in [1.165, 1.54) is 24.2 Å². The van der Waals surface area contributed by atoms with Crippen LogP contribution in [0.25, 0.3) is 6.08 Å². The van der Waals surface area contributed by atoms with Crippen LogP contribution in [0, 0.1) is 10.1 Å². The van der Waals surface area contributed by atoms with Gasteiger partial charge >= 0.3 is 5.97 Å². The lowest BCUT2D eigenvalue weighted by molar-refractivity contribution is -0.385. The summed E-state index contributed by atoms with van der Waals surface area (Å²) in [5, 5.41) is 11.0. The molecule has 0 saturated carbocycles. The van der Waals surface area contributed by atoms with Gasteiger partial charge in [0.25, 0.3) is 11.6 Å². The molecule has 1 heterocycles. The van der Waals surface area contributed by atoms with Gasteiger partial charge < -0.3 is 4.74 Å². The highest BCUT2D eigenvalue weighted by molar-refractivity contribution is 8.26. The van der Waals surface area contributed by atoms with Crippen molar-refractivity contribution in [3.05, 3.63) is 44.8 Å². The fourth-order valence-corrected chi connectivity index (χ4v) is 3.21. The summed E-state index contributed by atoms with van der Waals surface area (Å²) in [6, 6.07) is 6.12. The zero-order valence-corrected chi connectivity index (χ0v) is 13.7. The van der Waals surface area contributed by atoms with Gasteiger partial charge in [0, 0.05) is 12.6 Å². The third kappa shape index (κ3) is 3.93. The molecule has 0 atom stereocenters. The lowest BCUT2D eigenvalue weighted by Crippen LogP contribution is -2.30. The Morgan fingerprint density at radius 2 is 2.17 bits per heavy atom. The number of nitro groups is 1. The Balaban J connectivity index is 2.22. The minimum Gasteiger partial charge on any atom is -0.469 e. The molecule has 0 aromatic heterocycles. The number of para-hydroxylation sites is 1. The summed E-state index contributed by atoms with van der Waals surface area (Å²) in [5.41, 5.74) is 0.235. The van der Waals surface area contributed by atoms with Crippen molar-refractivity contribution in [3.63, 3.8) is 0 Å². The molecule has 1 saturated heterocycles. The summed E-state index contributed by atoms with van der Waals surface area (Å²) in [6.07, 6.45) is 1.47. The van der Waals surface area contributed by atoms with Crippen LogP contribution in [-0.4, -0.2) is 39.7 Å². The van der Waals surface area contributed by atoms with E-state index in [0.717, 1.165) is 11.8 Å². The summed E-state index contributed by atoms with van der Waals surface area (Å²) in [7, 11) is 1.26. The molecule has 23 heavy (non-hydrogen) atoms. The van der Waals surface area contributed by atoms with E-state index in [1.807, 2.05) is 0 Å². The average molecular weight is 352 g/mol. The molecule has 0 spiro atoms. The van der Waals surface area contributed by atoms with Gasteiger partial charge in [0.05, 0.1) is 28.9 Å². The van der Waals surface area contributed by atoms with Crippen molar-refractivity contribution >= 4 is 51.9 Å². The second kappa shape index (κ2) is 7.34. The van der Waals surface area contributed by atoms with Crippen molar-refractivity contribution in [1.82, 2.24) is 4.90 Å². The third-order valence-electron chi connectivity index (χ3n) is 3.06. The lowest BCUT2D eigenvalue weighted by Gasteiger charge is -2.12. The maximum Gasteiger partial charge on any atom is 0.307 e. The number of carbonyl (C=O) groups excluding carboxylic acids is 2. The number of rotatable bonds is 5. The first-order chi connectivity index (χ1) is 10.9. The molecule has 1 aromatic carbocycles. The summed E-state index contributed by atoms with van der Waals surface area (Å²) in [4.78, 5) is 35.6. The second-order valence-electron chi connectivity index (χ2n) is 4.48. The maximum absolute atomic E-state index is 12.3. The molecule has 1 fully saturated rings. The van der Waals surface area contributed by atoms with Gasteiger partial charge in [-0.05, 0) is 12.1 Å². The minimum atomic E-state index is -0.510. The van der Waals surface area contributed by atoms with E-state index in [9.17, 15) is 19.7 Å². The molecule has 9 heteroatoms. The summed E-state index contributed by atoms with van der Waals surface area (Å²) in [6.45, 7) is 0.117. The van der Waals surface area contributed by atoms with Crippen molar-refractivity contribution in [2.45, 2.75) is 6.42 Å². The average Bonchev–Trinajstić information content (AvgIpc) is 2.79. The van der Waals surface area contributed by atoms with Gasteiger partial charge in [-0.1, -0.05) is 36.1 Å². The quantitative estimate of drug-likeness (QED) is 0.264. The van der Waals surface area contributed by atoms with Crippen LogP contribution in [0.15, 0.2) is 29.2 Å². The van der Waals surface area contributed by atoms with Crippen LogP contribution in [0.2, 0.25) is 0 Å². The molecule has 120 valence electrons. The highest BCUT2D eigenvalue weighted by Crippen LogP contribution is 2.34. The van der Waals surface area contributed by atoms with E-state index < -0.39 is 10.9 Å². The van der Waals surface area contributed by atoms with Crippen LogP contribution in [-0.2, 0) is 14.3 Å². The minimum absolute atomic E-state index is 0.0295. The molecule has 0 radical (unpaired) electrons. The van der Waals surface area contributed by atoms with E-state index in [2.05, 4.69) is 4.74 Å². The normalized spacial score (nSPS) is 16.0. The predicted molar refractivity (Wildman–Crippen MR) is 89.6 cm³/mol. The molecule has 1 aromatic rings. The van der Waals surface area contributed by atoms with Gasteiger partial charge in [0.2, 0.25) is 0 Å². The van der Waals surface area contributed by atoms with E-state index in [0.29, 0.717) is 9.88 Å². The monoisotopic (exact) mass is 352 g/mol. The van der Waals surface area contributed by atoms with Crippen LogP contribution in [0.3, 0.4) is 0 Å². The van der Waals surface area contributed by atoms with Crippen molar-refractivity contribution in [2.24, 2.45) is 0 Å². The molecule has 0 aliphatic carbocycles. The Bertz CT molecular complexity index is 717. The lowest BCUT2D eigenvalue weighted by atomic mass is 10.1. The first-order valence-corrected chi connectivity index (χ1v) is 7.72. The topological polar surface area (TPSA) is 89.8 Å². The van der Waals surface area contributed by atoms with E-state index in [1.54, 1.807) is 18.2 Å². The molecule has 0 bridgehead atoms. The highest BCUT2D eigenvalue weighted by Gasteiger charge is 2.32. The molecule has 0 unspecified atom stereocenters. The van der Waals surface area contributed by atoms with Crippen LogP contribution in [0.5, 0.6) is 0 Å². The molecule has 1 aliphatic heterocycles. The smallest absolute Gasteiger partial charge is 0.307 e. The Labute approximate surface area is 141 Å². The van der Waals surface area contributed by atoms with Crippen molar-refractivity contribution < 1.29 is 19.2 Å². The van der Waals surface area contributed by atoms with Crippen molar-refractivity contribution in [1.29, 1.82) is 0 Å². The van der Waals surface area contributed by atoms with Gasteiger partial charge in [-0.15, -0.1) is 0 Å². The summed E-state index contributed by atoms with van der Waals surface area (Å²) >= 11 is 6.18. The molecule has 0 N–H and O–H groups in total. The number of methoxy groups -OCH3 is 1. The number of nitro benzene ring substituents is 1. The van der Waals surface area contributed by atoms with Crippen LogP contribution < -0.4 is 0 Å². The molecule has 7 nitrogen and oxygen atoms in total. The Morgan fingerprint density at radius 3 is 2.83 bits per heavy atom. The molecule has 1 aliphatic rings. The Morgan fingerprint density at radius 1 is 1.48 bits per heavy atom. The number of carbonyl (C=O) groups is 2. The number of amides is 1. The maximum atomic E-state index is 12.3. The number of hydrogen-bond acceptors (Lipinski definition) is 7. The second-order valence-corrected chi connectivity index (χ2v) is 6.15. The van der Waals surface area contributed by atoms with Gasteiger partial charge in [0.15, 0.2) is 0 Å². The standard InChI is InChI=1S/C14H12N2O5S2/c1-21-12(17)6-7-15-13(18)11(23-14(15)22)8-9-4-2-3-5-10(9)16(19)20/h2-5,8H,6-7H2,1H3/b11-8-. The van der Waals surface area contributed by atoms with E-state index in [-0.39, 0.29) is 29.5 Å². The molecule has 2 rings (SSSR count). The van der Waals surface area contributed by atoms with Crippen LogP contribution in [0.4, 0.5) is 5.69 Å². The summed E-state index contributed by atoms with van der Waals surface area (Å²) < 4.78 is 4.84. The van der Waals surface area contributed by atoms with Gasteiger partial charge in [-0.25, -0.2) is 0 Å². The number of ether oxygens (including phenoxy) is 1. The van der Waals surface area contributed by atoms with Crippen LogP contribution in [0.1, 0.15) is 12.0 Å². The zero-order valence-electron chi connectivity index (χ0n) is 12.1. The Hall–Kier alpha value is -2.26. The summed E-state index contributed by atoms with van der Waals surface area (Å²) in [5.74, 6) is -0.816. The number of thioether (sulfide) groups is 1. The molecule has 1 amide bonds. The van der Waals surface area contributed by atoms with E-state index >= 15 is 0 Å². The van der Waals surface area contributed by atoms with Crippen molar-refractivity contribution in [3.8, 4) is 0 Å². The van der Waals surface area contributed by atoms with Crippen molar-refractivity contribution in [2.75, 3.05) is 13.7 Å². The SMILES string of the molecule is COC(=O)CCN1C(=O)/C(=C/c2ccccc2[N+](=O)[O-])SC1=S. The molecular formula is C14H12N2O5S2. The van der Waals surface area contributed by atoms with Gasteiger partial charge in [-0.3, -0.25) is 24.6 Å². The first-order valence-electron chi connectivity index (χ1n) is 6.49. The number of thiocarbonyl (C=S) groups is 1. The zero-order chi connectivity index (χ0) is 17.0. The molecular weight excluding hydrogens is 340 g/mol. The number of esters is 1. The number of nitrogens with zero attached hydrogens (tertiary/aromatic N) is 2. The van der Waals surface area contributed by atoms with Gasteiger partial charge in [0.1, 0.15) is 4.32 Å². The highest BCUT2D eigenvalue weighted by atomic mass is 32.2. The van der Waals surface area contributed by atoms with Gasteiger partial charge in [-0.2, -0.15) is 0 Å². The number of hydrogen-bond donors (Lipinski definition) is 0. The van der Waals surface area contributed by atoms with Crippen LogP contribution >= 0.6 is 24.0 Å². The van der Waals surface area contributed by atoms with E-state index in [4.69, 9.17) is 12.2 Å². The third-order valence-corrected chi connectivity index (χ3v) is 4.44. The number of benzene rings is 1. The predicted octanol–water partition coefficient (Wildman–Crippen LogP) is 2.36. The fourth-order valence-electron chi connectivity index (χ4n) is 1.92. The first kappa shape index (κ1) is 17.1. The largest absolute Gasteiger partial charge is 0.469 e. The fraction of sp³-hybridized carbons (Fsp3) is 0.214. The Kier molecular flexibility index (Phi) is 5.45.